The summed E-state index contributed by atoms with van der Waals surface area (Å²) in [6.45, 7) is 5.03. The number of nitrogens with zero attached hydrogens (tertiary/aromatic N) is 1. The van der Waals surface area contributed by atoms with E-state index in [1.807, 2.05) is 0 Å². The van der Waals surface area contributed by atoms with E-state index < -0.39 is 0 Å². The highest BCUT2D eigenvalue weighted by Gasteiger charge is 2.18. The van der Waals surface area contributed by atoms with Crippen LogP contribution in [0.25, 0.3) is 11.3 Å². The minimum Gasteiger partial charge on any atom is -0.451 e. The Kier molecular flexibility index (Phi) is 5.87. The Morgan fingerprint density at radius 2 is 2.12 bits per heavy atom. The number of halogens is 1. The zero-order valence-corrected chi connectivity index (χ0v) is 14.6. The summed E-state index contributed by atoms with van der Waals surface area (Å²) in [5, 5.41) is 2.88. The number of amides is 1. The van der Waals surface area contributed by atoms with Crippen LogP contribution in [0.3, 0.4) is 0 Å². The van der Waals surface area contributed by atoms with Crippen LogP contribution in [0.4, 0.5) is 4.39 Å². The van der Waals surface area contributed by atoms with Gasteiger partial charge in [-0.15, -0.1) is 0 Å². The van der Waals surface area contributed by atoms with Gasteiger partial charge in [0.2, 0.25) is 0 Å². The first-order valence-corrected chi connectivity index (χ1v) is 9.02. The molecule has 1 atom stereocenters. The van der Waals surface area contributed by atoms with Crippen LogP contribution >= 0.6 is 0 Å². The molecule has 5 heteroatoms. The molecule has 134 valence electrons. The third-order valence-electron chi connectivity index (χ3n) is 4.82. The molecule has 4 nitrogen and oxygen atoms in total. The van der Waals surface area contributed by atoms with Crippen molar-refractivity contribution in [2.45, 2.75) is 38.6 Å². The van der Waals surface area contributed by atoms with Gasteiger partial charge in [-0.2, -0.15) is 0 Å². The molecular weight excluding hydrogens is 319 g/mol. The van der Waals surface area contributed by atoms with Crippen molar-refractivity contribution in [3.05, 3.63) is 48.0 Å². The van der Waals surface area contributed by atoms with Gasteiger partial charge in [-0.3, -0.25) is 4.79 Å². The van der Waals surface area contributed by atoms with Crippen LogP contribution < -0.4 is 5.32 Å². The molecule has 0 bridgehead atoms. The van der Waals surface area contributed by atoms with E-state index in [1.54, 1.807) is 30.3 Å². The Morgan fingerprint density at radius 3 is 2.92 bits per heavy atom. The molecule has 0 unspecified atom stereocenters. The van der Waals surface area contributed by atoms with Crippen molar-refractivity contribution >= 4 is 5.91 Å². The van der Waals surface area contributed by atoms with Crippen LogP contribution in [-0.4, -0.2) is 36.5 Å². The van der Waals surface area contributed by atoms with Crippen molar-refractivity contribution in [1.29, 1.82) is 0 Å². The smallest absolute Gasteiger partial charge is 0.287 e. The second-order valence-electron chi connectivity index (χ2n) is 6.63. The van der Waals surface area contributed by atoms with Crippen molar-refractivity contribution in [2.24, 2.45) is 0 Å². The molecule has 2 aromatic rings. The Bertz CT molecular complexity index is 713. The monoisotopic (exact) mass is 344 g/mol. The lowest BCUT2D eigenvalue weighted by molar-refractivity contribution is 0.0922. The highest BCUT2D eigenvalue weighted by molar-refractivity contribution is 5.92. The van der Waals surface area contributed by atoms with E-state index in [9.17, 15) is 9.18 Å². The summed E-state index contributed by atoms with van der Waals surface area (Å²) in [6, 6.07) is 10.2. The lowest BCUT2D eigenvalue weighted by Crippen LogP contribution is -2.39. The molecule has 0 spiro atoms. The van der Waals surface area contributed by atoms with Gasteiger partial charge in [0, 0.05) is 19.1 Å². The Hall–Kier alpha value is -2.14. The van der Waals surface area contributed by atoms with E-state index in [-0.39, 0.29) is 17.5 Å². The minimum atomic E-state index is -0.362. The van der Waals surface area contributed by atoms with E-state index in [0.717, 1.165) is 19.5 Å². The molecule has 1 aromatic carbocycles. The van der Waals surface area contributed by atoms with Gasteiger partial charge >= 0.3 is 0 Å². The molecule has 1 aliphatic rings. The second kappa shape index (κ2) is 8.30. The van der Waals surface area contributed by atoms with Gasteiger partial charge in [-0.05, 0) is 57.0 Å². The second-order valence-corrected chi connectivity index (χ2v) is 6.63. The van der Waals surface area contributed by atoms with Gasteiger partial charge < -0.3 is 14.6 Å². The van der Waals surface area contributed by atoms with Crippen LogP contribution in [0, 0.1) is 5.82 Å². The molecule has 1 N–H and O–H groups in total. The summed E-state index contributed by atoms with van der Waals surface area (Å²) in [6.07, 6.45) is 4.76. The molecule has 1 fully saturated rings. The number of hydrogen-bond donors (Lipinski definition) is 1. The van der Waals surface area contributed by atoms with Crippen LogP contribution in [0.5, 0.6) is 0 Å². The highest BCUT2D eigenvalue weighted by Crippen LogP contribution is 2.24. The average molecular weight is 344 g/mol. The van der Waals surface area contributed by atoms with Crippen molar-refractivity contribution in [1.82, 2.24) is 10.2 Å². The maximum atomic E-state index is 13.8. The Labute approximate surface area is 148 Å². The molecule has 3 rings (SSSR count). The molecule has 1 saturated heterocycles. The minimum absolute atomic E-state index is 0.213. The Morgan fingerprint density at radius 1 is 1.28 bits per heavy atom. The predicted molar refractivity (Wildman–Crippen MR) is 95.9 cm³/mol. The Balaban J connectivity index is 1.48. The standard InChI is InChI=1S/C20H25FN2O2/c1-15-7-4-5-13-23(15)14-6-12-22-20(24)19-11-10-18(25-19)16-8-2-3-9-17(16)21/h2-3,8-11,15H,4-7,12-14H2,1H3,(H,22,24)/t15-/m1/s1. The fourth-order valence-electron chi connectivity index (χ4n) is 3.33. The number of furan rings is 1. The number of hydrogen-bond acceptors (Lipinski definition) is 3. The zero-order valence-electron chi connectivity index (χ0n) is 14.6. The molecule has 0 radical (unpaired) electrons. The fraction of sp³-hybridized carbons (Fsp3) is 0.450. The lowest BCUT2D eigenvalue weighted by atomic mass is 10.0. The van der Waals surface area contributed by atoms with Crippen molar-refractivity contribution in [3.8, 4) is 11.3 Å². The first kappa shape index (κ1) is 17.7. The summed E-state index contributed by atoms with van der Waals surface area (Å²) < 4.78 is 19.3. The normalized spacial score (nSPS) is 18.2. The quantitative estimate of drug-likeness (QED) is 0.803. The molecular formula is C20H25FN2O2. The van der Waals surface area contributed by atoms with Crippen LogP contribution in [-0.2, 0) is 0 Å². The zero-order chi connectivity index (χ0) is 17.6. The number of carbonyl (C=O) groups is 1. The van der Waals surface area contributed by atoms with Gasteiger partial charge in [0.1, 0.15) is 11.6 Å². The van der Waals surface area contributed by atoms with E-state index in [2.05, 4.69) is 17.1 Å². The number of likely N-dealkylation sites (tertiary alicyclic amines) is 1. The van der Waals surface area contributed by atoms with E-state index in [0.29, 0.717) is 23.9 Å². The number of benzene rings is 1. The van der Waals surface area contributed by atoms with Gasteiger partial charge in [-0.25, -0.2) is 4.39 Å². The van der Waals surface area contributed by atoms with Crippen molar-refractivity contribution in [2.75, 3.05) is 19.6 Å². The molecule has 1 amide bonds. The maximum absolute atomic E-state index is 13.8. The van der Waals surface area contributed by atoms with Gasteiger partial charge in [0.15, 0.2) is 5.76 Å². The SMILES string of the molecule is C[C@@H]1CCCCN1CCCNC(=O)c1ccc(-c2ccccc2F)o1. The van der Waals surface area contributed by atoms with Gasteiger partial charge in [0.25, 0.3) is 5.91 Å². The van der Waals surface area contributed by atoms with Crippen molar-refractivity contribution in [3.63, 3.8) is 0 Å². The predicted octanol–water partition coefficient (Wildman–Crippen LogP) is 4.08. The summed E-state index contributed by atoms with van der Waals surface area (Å²) >= 11 is 0. The van der Waals surface area contributed by atoms with E-state index >= 15 is 0 Å². The van der Waals surface area contributed by atoms with Gasteiger partial charge in [0.05, 0.1) is 5.56 Å². The number of nitrogens with one attached hydrogen (secondary N) is 1. The first-order valence-electron chi connectivity index (χ1n) is 9.02. The highest BCUT2D eigenvalue weighted by atomic mass is 19.1. The van der Waals surface area contributed by atoms with Crippen LogP contribution in [0.2, 0.25) is 0 Å². The summed E-state index contributed by atoms with van der Waals surface area (Å²) in [5.41, 5.74) is 0.362. The number of carbonyl (C=O) groups excluding carboxylic acids is 1. The third-order valence-corrected chi connectivity index (χ3v) is 4.82. The molecule has 0 aliphatic carbocycles. The molecule has 25 heavy (non-hydrogen) atoms. The molecule has 1 aliphatic heterocycles. The van der Waals surface area contributed by atoms with Crippen LogP contribution in [0.15, 0.2) is 40.8 Å². The number of rotatable bonds is 6. The van der Waals surface area contributed by atoms with Crippen molar-refractivity contribution < 1.29 is 13.6 Å². The molecule has 0 saturated carbocycles. The van der Waals surface area contributed by atoms with E-state index in [1.165, 1.54) is 25.3 Å². The first-order chi connectivity index (χ1) is 12.1. The lowest BCUT2D eigenvalue weighted by Gasteiger charge is -2.33. The fourth-order valence-corrected chi connectivity index (χ4v) is 3.33. The maximum Gasteiger partial charge on any atom is 0.287 e. The molecule has 1 aromatic heterocycles. The third kappa shape index (κ3) is 4.48. The number of piperidine rings is 1. The van der Waals surface area contributed by atoms with E-state index in [4.69, 9.17) is 4.42 Å². The summed E-state index contributed by atoms with van der Waals surface area (Å²) in [5.74, 6) is -0.0382. The van der Waals surface area contributed by atoms with Gasteiger partial charge in [-0.1, -0.05) is 18.6 Å². The summed E-state index contributed by atoms with van der Waals surface area (Å²) in [7, 11) is 0. The van der Waals surface area contributed by atoms with Crippen LogP contribution in [0.1, 0.15) is 43.2 Å². The largest absolute Gasteiger partial charge is 0.451 e. The summed E-state index contributed by atoms with van der Waals surface area (Å²) in [4.78, 5) is 14.7. The molecule has 2 heterocycles. The average Bonchev–Trinajstić information content (AvgIpc) is 3.10. The topological polar surface area (TPSA) is 45.5 Å².